The summed E-state index contributed by atoms with van der Waals surface area (Å²) in [5, 5.41) is 2.70. The Morgan fingerprint density at radius 3 is 2.84 bits per heavy atom. The van der Waals surface area contributed by atoms with Crippen LogP contribution in [0.15, 0.2) is 30.9 Å². The molecule has 0 aromatic heterocycles. The molecule has 3 N–H and O–H groups in total. The van der Waals surface area contributed by atoms with Crippen LogP contribution in [0.1, 0.15) is 30.6 Å². The molecule has 0 fully saturated rings. The minimum absolute atomic E-state index is 0.166. The molecule has 0 heterocycles. The number of carbonyl (C=O) groups excluding carboxylic acids is 1. The first-order chi connectivity index (χ1) is 9.04. The fraction of sp³-hybridized carbons (Fsp3) is 0.400. The normalized spacial score (nSPS) is 10.3. The number of nitrogens with two attached hydrogens (primary N) is 1. The van der Waals surface area contributed by atoms with Crippen molar-refractivity contribution >= 4 is 11.6 Å². The second-order valence-electron chi connectivity index (χ2n) is 4.78. The van der Waals surface area contributed by atoms with Gasteiger partial charge in [-0.3, -0.25) is 4.79 Å². The highest BCUT2D eigenvalue weighted by atomic mass is 16.5. The highest BCUT2D eigenvalue weighted by Gasteiger charge is 2.08. The molecule has 0 aliphatic heterocycles. The van der Waals surface area contributed by atoms with Crippen molar-refractivity contribution in [3.63, 3.8) is 0 Å². The second-order valence-corrected chi connectivity index (χ2v) is 4.78. The molecule has 0 bridgehead atoms. The molecule has 1 aromatic rings. The maximum absolute atomic E-state index is 11.7. The van der Waals surface area contributed by atoms with Crippen molar-refractivity contribution in [2.24, 2.45) is 5.92 Å². The van der Waals surface area contributed by atoms with E-state index in [-0.39, 0.29) is 5.91 Å². The van der Waals surface area contributed by atoms with Crippen LogP contribution in [0.25, 0.3) is 0 Å². The number of hydrogen-bond donors (Lipinski definition) is 2. The van der Waals surface area contributed by atoms with E-state index >= 15 is 0 Å². The van der Waals surface area contributed by atoms with Crippen LogP contribution in [0.3, 0.4) is 0 Å². The van der Waals surface area contributed by atoms with E-state index in [0.29, 0.717) is 36.1 Å². The van der Waals surface area contributed by atoms with E-state index in [4.69, 9.17) is 10.5 Å². The van der Waals surface area contributed by atoms with Gasteiger partial charge >= 0.3 is 0 Å². The third-order valence-corrected chi connectivity index (χ3v) is 2.63. The maximum Gasteiger partial charge on any atom is 0.251 e. The molecule has 0 saturated carbocycles. The van der Waals surface area contributed by atoms with E-state index < -0.39 is 0 Å². The van der Waals surface area contributed by atoms with Crippen molar-refractivity contribution in [3.05, 3.63) is 36.4 Å². The number of hydrogen-bond acceptors (Lipinski definition) is 3. The summed E-state index contributed by atoms with van der Waals surface area (Å²) in [6.45, 7) is 8.89. The van der Waals surface area contributed by atoms with Crippen LogP contribution in [0.4, 0.5) is 5.69 Å². The monoisotopic (exact) mass is 262 g/mol. The van der Waals surface area contributed by atoms with E-state index in [1.807, 2.05) is 0 Å². The molecule has 19 heavy (non-hydrogen) atoms. The lowest BCUT2D eigenvalue weighted by molar-refractivity contribution is 0.0958. The van der Waals surface area contributed by atoms with Crippen LogP contribution >= 0.6 is 0 Å². The number of ether oxygens (including phenoxy) is 1. The van der Waals surface area contributed by atoms with Crippen molar-refractivity contribution < 1.29 is 9.53 Å². The summed E-state index contributed by atoms with van der Waals surface area (Å²) in [6, 6.07) is 5.07. The predicted molar refractivity (Wildman–Crippen MR) is 78.3 cm³/mol. The summed E-state index contributed by atoms with van der Waals surface area (Å²) < 4.78 is 5.59. The fourth-order valence-electron chi connectivity index (χ4n) is 1.49. The minimum Gasteiger partial charge on any atom is -0.491 e. The number of rotatable bonds is 7. The summed E-state index contributed by atoms with van der Waals surface area (Å²) in [6.07, 6.45) is 2.60. The molecule has 4 nitrogen and oxygen atoms in total. The van der Waals surface area contributed by atoms with Crippen LogP contribution < -0.4 is 15.8 Å². The lowest BCUT2D eigenvalue weighted by atomic mass is 10.1. The Morgan fingerprint density at radius 1 is 1.53 bits per heavy atom. The molecule has 0 spiro atoms. The standard InChI is InChI=1S/C15H22N2O2/c1-4-8-17-15(18)12-5-6-14(13(16)10-12)19-9-7-11(2)3/h4-6,10-11H,1,7-9,16H2,2-3H3,(H,17,18). The van der Waals surface area contributed by atoms with Crippen LogP contribution in [-0.4, -0.2) is 19.1 Å². The third kappa shape index (κ3) is 5.04. The van der Waals surface area contributed by atoms with Gasteiger partial charge in [0, 0.05) is 12.1 Å². The van der Waals surface area contributed by atoms with E-state index in [1.165, 1.54) is 0 Å². The Kier molecular flexibility index (Phi) is 5.93. The van der Waals surface area contributed by atoms with Gasteiger partial charge in [-0.1, -0.05) is 19.9 Å². The molecule has 104 valence electrons. The zero-order valence-corrected chi connectivity index (χ0v) is 11.6. The molecular weight excluding hydrogens is 240 g/mol. The van der Waals surface area contributed by atoms with Crippen LogP contribution in [0.2, 0.25) is 0 Å². The summed E-state index contributed by atoms with van der Waals surface area (Å²) in [5.74, 6) is 1.05. The van der Waals surface area contributed by atoms with Gasteiger partial charge in [0.15, 0.2) is 0 Å². The van der Waals surface area contributed by atoms with E-state index in [2.05, 4.69) is 25.7 Å². The van der Waals surface area contributed by atoms with Gasteiger partial charge < -0.3 is 15.8 Å². The number of carbonyl (C=O) groups is 1. The predicted octanol–water partition coefficient (Wildman–Crippen LogP) is 2.61. The Hall–Kier alpha value is -1.97. The van der Waals surface area contributed by atoms with E-state index in [0.717, 1.165) is 6.42 Å². The molecular formula is C15H22N2O2. The molecule has 1 rings (SSSR count). The number of benzene rings is 1. The van der Waals surface area contributed by atoms with Gasteiger partial charge in [0.2, 0.25) is 0 Å². The quantitative estimate of drug-likeness (QED) is 0.586. The van der Waals surface area contributed by atoms with Gasteiger partial charge in [0.25, 0.3) is 5.91 Å². The van der Waals surface area contributed by atoms with Crippen LogP contribution in [0.5, 0.6) is 5.75 Å². The number of nitrogens with one attached hydrogen (secondary N) is 1. The topological polar surface area (TPSA) is 64.3 Å². The number of amides is 1. The summed E-state index contributed by atoms with van der Waals surface area (Å²) in [7, 11) is 0. The summed E-state index contributed by atoms with van der Waals surface area (Å²) in [5.41, 5.74) is 6.88. The Bertz CT molecular complexity index is 442. The maximum atomic E-state index is 11.7. The second kappa shape index (κ2) is 7.46. The average molecular weight is 262 g/mol. The van der Waals surface area contributed by atoms with Crippen molar-refractivity contribution in [1.82, 2.24) is 5.32 Å². The Morgan fingerprint density at radius 2 is 2.26 bits per heavy atom. The smallest absolute Gasteiger partial charge is 0.251 e. The lowest BCUT2D eigenvalue weighted by Gasteiger charge is -2.11. The molecule has 0 saturated heterocycles. The molecule has 1 amide bonds. The molecule has 0 unspecified atom stereocenters. The molecule has 4 heteroatoms. The molecule has 0 atom stereocenters. The van der Waals surface area contributed by atoms with Gasteiger partial charge in [0.1, 0.15) is 5.75 Å². The number of anilines is 1. The van der Waals surface area contributed by atoms with Gasteiger partial charge in [0.05, 0.1) is 12.3 Å². The number of nitrogen functional groups attached to an aromatic ring is 1. The lowest BCUT2D eigenvalue weighted by Crippen LogP contribution is -2.23. The Labute approximate surface area is 114 Å². The summed E-state index contributed by atoms with van der Waals surface area (Å²) in [4.78, 5) is 11.7. The first-order valence-electron chi connectivity index (χ1n) is 6.46. The van der Waals surface area contributed by atoms with E-state index in [9.17, 15) is 4.79 Å². The highest BCUT2D eigenvalue weighted by molar-refractivity contribution is 5.95. The molecule has 0 radical (unpaired) electrons. The zero-order chi connectivity index (χ0) is 14.3. The fourth-order valence-corrected chi connectivity index (χ4v) is 1.49. The van der Waals surface area contributed by atoms with Crippen molar-refractivity contribution in [2.75, 3.05) is 18.9 Å². The van der Waals surface area contributed by atoms with E-state index in [1.54, 1.807) is 24.3 Å². The molecule has 1 aromatic carbocycles. The first kappa shape index (κ1) is 15.1. The summed E-state index contributed by atoms with van der Waals surface area (Å²) >= 11 is 0. The van der Waals surface area contributed by atoms with Crippen molar-refractivity contribution in [3.8, 4) is 5.75 Å². The van der Waals surface area contributed by atoms with Crippen molar-refractivity contribution in [2.45, 2.75) is 20.3 Å². The molecule has 0 aliphatic rings. The van der Waals surface area contributed by atoms with Gasteiger partial charge in [-0.15, -0.1) is 6.58 Å². The van der Waals surface area contributed by atoms with Gasteiger partial charge in [-0.2, -0.15) is 0 Å². The third-order valence-electron chi connectivity index (χ3n) is 2.63. The van der Waals surface area contributed by atoms with Gasteiger partial charge in [-0.25, -0.2) is 0 Å². The zero-order valence-electron chi connectivity index (χ0n) is 11.6. The molecule has 0 aliphatic carbocycles. The SMILES string of the molecule is C=CCNC(=O)c1ccc(OCCC(C)C)c(N)c1. The largest absolute Gasteiger partial charge is 0.491 e. The van der Waals surface area contributed by atoms with Crippen molar-refractivity contribution in [1.29, 1.82) is 0 Å². The van der Waals surface area contributed by atoms with Crippen LogP contribution in [0, 0.1) is 5.92 Å². The highest BCUT2D eigenvalue weighted by Crippen LogP contribution is 2.23. The first-order valence-corrected chi connectivity index (χ1v) is 6.46. The average Bonchev–Trinajstić information content (AvgIpc) is 2.37. The van der Waals surface area contributed by atoms with Gasteiger partial charge in [-0.05, 0) is 30.5 Å². The van der Waals surface area contributed by atoms with Crippen LogP contribution in [-0.2, 0) is 0 Å². The minimum atomic E-state index is -0.166. The Balaban J connectivity index is 2.63.